The van der Waals surface area contributed by atoms with E-state index in [2.05, 4.69) is 10.6 Å². The van der Waals surface area contributed by atoms with Crippen molar-refractivity contribution in [1.29, 1.82) is 0 Å². The highest BCUT2D eigenvalue weighted by molar-refractivity contribution is 5.81. The Bertz CT molecular complexity index is 310. The van der Waals surface area contributed by atoms with Gasteiger partial charge in [0.1, 0.15) is 0 Å². The minimum Gasteiger partial charge on any atom is -0.354 e. The van der Waals surface area contributed by atoms with Gasteiger partial charge in [-0.2, -0.15) is 13.2 Å². The summed E-state index contributed by atoms with van der Waals surface area (Å²) in [4.78, 5) is 11.8. The summed E-state index contributed by atoms with van der Waals surface area (Å²) >= 11 is 0. The van der Waals surface area contributed by atoms with Gasteiger partial charge in [-0.1, -0.05) is 13.8 Å². The van der Waals surface area contributed by atoms with Gasteiger partial charge >= 0.3 is 6.18 Å². The molecular weight excluding hydrogens is 269 g/mol. The molecule has 2 N–H and O–H groups in total. The summed E-state index contributed by atoms with van der Waals surface area (Å²) < 4.78 is 37.7. The van der Waals surface area contributed by atoms with Gasteiger partial charge in [-0.05, 0) is 38.5 Å². The van der Waals surface area contributed by atoms with Crippen molar-refractivity contribution in [2.75, 3.05) is 6.54 Å². The Labute approximate surface area is 118 Å². The van der Waals surface area contributed by atoms with E-state index in [0.29, 0.717) is 25.3 Å². The molecule has 1 atom stereocenters. The van der Waals surface area contributed by atoms with Crippen LogP contribution in [0.4, 0.5) is 13.2 Å². The second-order valence-corrected chi connectivity index (χ2v) is 6.12. The number of carbonyl (C=O) groups excluding carboxylic acids is 1. The molecule has 1 unspecified atom stereocenters. The summed E-state index contributed by atoms with van der Waals surface area (Å²) in [7, 11) is 0. The van der Waals surface area contributed by atoms with E-state index < -0.39 is 12.1 Å². The van der Waals surface area contributed by atoms with Gasteiger partial charge in [-0.25, -0.2) is 0 Å². The van der Waals surface area contributed by atoms with E-state index in [0.717, 1.165) is 0 Å². The van der Waals surface area contributed by atoms with E-state index in [1.807, 2.05) is 13.8 Å². The van der Waals surface area contributed by atoms with Crippen molar-refractivity contribution in [2.24, 2.45) is 11.8 Å². The molecule has 0 aromatic rings. The molecule has 20 heavy (non-hydrogen) atoms. The Hall–Kier alpha value is -0.780. The van der Waals surface area contributed by atoms with Crippen molar-refractivity contribution in [1.82, 2.24) is 10.6 Å². The standard InChI is InChI=1S/C14H25F3N2O/c1-9(2)8-18-13(20)10(3)19-12-6-4-11(5-7-12)14(15,16)17/h9-12,19H,4-8H2,1-3H3,(H,18,20). The van der Waals surface area contributed by atoms with Gasteiger partial charge in [0, 0.05) is 12.6 Å². The van der Waals surface area contributed by atoms with Crippen molar-refractivity contribution in [2.45, 2.75) is 64.7 Å². The van der Waals surface area contributed by atoms with Gasteiger partial charge in [-0.3, -0.25) is 4.79 Å². The molecule has 0 aliphatic heterocycles. The first-order valence-electron chi connectivity index (χ1n) is 7.30. The Morgan fingerprint density at radius 3 is 2.15 bits per heavy atom. The molecule has 118 valence electrons. The Balaban J connectivity index is 2.31. The molecule has 1 rings (SSSR count). The van der Waals surface area contributed by atoms with Crippen molar-refractivity contribution >= 4 is 5.91 Å². The van der Waals surface area contributed by atoms with Crippen molar-refractivity contribution in [3.05, 3.63) is 0 Å². The van der Waals surface area contributed by atoms with E-state index in [1.54, 1.807) is 6.92 Å². The summed E-state index contributed by atoms with van der Waals surface area (Å²) in [6.07, 6.45) is -2.81. The average Bonchev–Trinajstić information content (AvgIpc) is 2.35. The van der Waals surface area contributed by atoms with E-state index >= 15 is 0 Å². The van der Waals surface area contributed by atoms with Crippen LogP contribution in [0.3, 0.4) is 0 Å². The normalized spacial score (nSPS) is 25.6. The molecule has 0 bridgehead atoms. The van der Waals surface area contributed by atoms with E-state index in [-0.39, 0.29) is 30.8 Å². The minimum atomic E-state index is -4.08. The molecule has 6 heteroatoms. The zero-order chi connectivity index (χ0) is 15.3. The van der Waals surface area contributed by atoms with Gasteiger partial charge in [-0.15, -0.1) is 0 Å². The summed E-state index contributed by atoms with van der Waals surface area (Å²) in [5.74, 6) is -0.879. The van der Waals surface area contributed by atoms with Crippen LogP contribution in [0.2, 0.25) is 0 Å². The third kappa shape index (κ3) is 5.69. The van der Waals surface area contributed by atoms with Crippen LogP contribution in [0.1, 0.15) is 46.5 Å². The molecule has 0 aromatic heterocycles. The molecule has 1 aliphatic carbocycles. The third-order valence-corrected chi connectivity index (χ3v) is 3.75. The molecule has 1 saturated carbocycles. The van der Waals surface area contributed by atoms with Crippen LogP contribution in [0.25, 0.3) is 0 Å². The van der Waals surface area contributed by atoms with Crippen LogP contribution in [0.15, 0.2) is 0 Å². The highest BCUT2D eigenvalue weighted by Gasteiger charge is 2.41. The maximum atomic E-state index is 12.6. The monoisotopic (exact) mass is 294 g/mol. The maximum Gasteiger partial charge on any atom is 0.391 e. The number of amides is 1. The largest absolute Gasteiger partial charge is 0.391 e. The van der Waals surface area contributed by atoms with Crippen molar-refractivity contribution in [3.8, 4) is 0 Å². The summed E-state index contributed by atoms with van der Waals surface area (Å²) in [5, 5.41) is 5.96. The maximum absolute atomic E-state index is 12.6. The first kappa shape index (κ1) is 17.3. The molecule has 1 amide bonds. The van der Waals surface area contributed by atoms with E-state index in [1.165, 1.54) is 0 Å². The van der Waals surface area contributed by atoms with Crippen LogP contribution in [0, 0.1) is 11.8 Å². The smallest absolute Gasteiger partial charge is 0.354 e. The number of carbonyl (C=O) groups is 1. The topological polar surface area (TPSA) is 41.1 Å². The molecular formula is C14H25F3N2O. The zero-order valence-corrected chi connectivity index (χ0v) is 12.4. The molecule has 0 aromatic carbocycles. The van der Waals surface area contributed by atoms with Gasteiger partial charge < -0.3 is 10.6 Å². The summed E-state index contributed by atoms with van der Waals surface area (Å²) in [5.41, 5.74) is 0. The molecule has 3 nitrogen and oxygen atoms in total. The fourth-order valence-electron chi connectivity index (χ4n) is 2.47. The fraction of sp³-hybridized carbons (Fsp3) is 0.929. The van der Waals surface area contributed by atoms with Gasteiger partial charge in [0.15, 0.2) is 0 Å². The fourth-order valence-corrected chi connectivity index (χ4v) is 2.47. The molecule has 0 saturated heterocycles. The number of nitrogens with one attached hydrogen (secondary N) is 2. The number of halogens is 3. The van der Waals surface area contributed by atoms with Crippen LogP contribution in [0.5, 0.6) is 0 Å². The average molecular weight is 294 g/mol. The lowest BCUT2D eigenvalue weighted by atomic mass is 9.85. The molecule has 1 aliphatic rings. The van der Waals surface area contributed by atoms with Crippen LogP contribution in [-0.4, -0.2) is 30.7 Å². The second kappa shape index (κ2) is 7.29. The lowest BCUT2D eigenvalue weighted by molar-refractivity contribution is -0.182. The quantitative estimate of drug-likeness (QED) is 0.818. The van der Waals surface area contributed by atoms with Crippen LogP contribution < -0.4 is 10.6 Å². The van der Waals surface area contributed by atoms with Crippen LogP contribution in [-0.2, 0) is 4.79 Å². The lowest BCUT2D eigenvalue weighted by Gasteiger charge is -2.31. The van der Waals surface area contributed by atoms with Gasteiger partial charge in [0.25, 0.3) is 0 Å². The van der Waals surface area contributed by atoms with Crippen molar-refractivity contribution < 1.29 is 18.0 Å². The van der Waals surface area contributed by atoms with Crippen LogP contribution >= 0.6 is 0 Å². The SMILES string of the molecule is CC(C)CNC(=O)C(C)NC1CCC(C(F)(F)F)CC1. The zero-order valence-electron chi connectivity index (χ0n) is 12.4. The van der Waals surface area contributed by atoms with Gasteiger partial charge in [0.2, 0.25) is 5.91 Å². The second-order valence-electron chi connectivity index (χ2n) is 6.12. The van der Waals surface area contributed by atoms with E-state index in [4.69, 9.17) is 0 Å². The Kier molecular flexibility index (Phi) is 6.30. The lowest BCUT2D eigenvalue weighted by Crippen LogP contribution is -2.48. The first-order valence-corrected chi connectivity index (χ1v) is 7.30. The molecule has 1 fully saturated rings. The molecule has 0 heterocycles. The Morgan fingerprint density at radius 2 is 1.70 bits per heavy atom. The Morgan fingerprint density at radius 1 is 1.15 bits per heavy atom. The minimum absolute atomic E-state index is 0.00778. The van der Waals surface area contributed by atoms with Crippen molar-refractivity contribution in [3.63, 3.8) is 0 Å². The highest BCUT2D eigenvalue weighted by Crippen LogP contribution is 2.37. The number of hydrogen-bond donors (Lipinski definition) is 2. The number of alkyl halides is 3. The predicted octanol–water partition coefficient (Wildman–Crippen LogP) is 2.86. The third-order valence-electron chi connectivity index (χ3n) is 3.75. The highest BCUT2D eigenvalue weighted by atomic mass is 19.4. The predicted molar refractivity (Wildman–Crippen MR) is 72.2 cm³/mol. The van der Waals surface area contributed by atoms with Gasteiger partial charge in [0.05, 0.1) is 12.0 Å². The summed E-state index contributed by atoms with van der Waals surface area (Å²) in [6.45, 7) is 6.39. The number of hydrogen-bond acceptors (Lipinski definition) is 2. The molecule has 0 spiro atoms. The first-order chi connectivity index (χ1) is 9.20. The van der Waals surface area contributed by atoms with E-state index in [9.17, 15) is 18.0 Å². The molecule has 0 radical (unpaired) electrons. The number of rotatable bonds is 5. The summed E-state index contributed by atoms with van der Waals surface area (Å²) in [6, 6.07) is -0.352.